The number of hydrogen-bond acceptors (Lipinski definition) is 4. The summed E-state index contributed by atoms with van der Waals surface area (Å²) in [5.41, 5.74) is 12.2. The Bertz CT molecular complexity index is 635. The highest BCUT2D eigenvalue weighted by molar-refractivity contribution is 7.89. The maximum atomic E-state index is 12.6. The van der Waals surface area contributed by atoms with Crippen molar-refractivity contribution in [1.29, 1.82) is 0 Å². The summed E-state index contributed by atoms with van der Waals surface area (Å²) in [5.74, 6) is -0.146. The minimum Gasteiger partial charge on any atom is -0.399 e. The molecule has 1 saturated heterocycles. The van der Waals surface area contributed by atoms with Crippen LogP contribution in [0.2, 0.25) is 0 Å². The molecule has 0 atom stereocenters. The van der Waals surface area contributed by atoms with Crippen molar-refractivity contribution in [3.8, 4) is 0 Å². The molecule has 1 amide bonds. The van der Waals surface area contributed by atoms with Crippen LogP contribution in [0.1, 0.15) is 24.8 Å². The topological polar surface area (TPSA) is 106 Å². The van der Waals surface area contributed by atoms with Crippen LogP contribution in [0.4, 0.5) is 5.69 Å². The number of primary amides is 1. The van der Waals surface area contributed by atoms with E-state index in [4.69, 9.17) is 11.5 Å². The van der Waals surface area contributed by atoms with E-state index in [1.165, 1.54) is 10.4 Å². The Morgan fingerprint density at radius 2 is 1.95 bits per heavy atom. The number of piperidine rings is 1. The van der Waals surface area contributed by atoms with Gasteiger partial charge in [-0.15, -0.1) is 0 Å². The SMILES string of the molecule is Cc1cc(S(=O)(=O)N2CCC(CC(N)=O)CC2)ccc1N. The first-order valence-corrected chi connectivity index (χ1v) is 8.39. The van der Waals surface area contributed by atoms with Gasteiger partial charge in [0.2, 0.25) is 15.9 Å². The molecule has 116 valence electrons. The molecule has 0 aromatic heterocycles. The van der Waals surface area contributed by atoms with Gasteiger partial charge in [0.1, 0.15) is 0 Å². The van der Waals surface area contributed by atoms with Gasteiger partial charge in [0.05, 0.1) is 4.90 Å². The van der Waals surface area contributed by atoms with Crippen molar-refractivity contribution in [1.82, 2.24) is 4.31 Å². The summed E-state index contributed by atoms with van der Waals surface area (Å²) in [6, 6.07) is 4.75. The van der Waals surface area contributed by atoms with Gasteiger partial charge in [0, 0.05) is 25.2 Å². The maximum Gasteiger partial charge on any atom is 0.243 e. The van der Waals surface area contributed by atoms with Crippen LogP contribution >= 0.6 is 0 Å². The summed E-state index contributed by atoms with van der Waals surface area (Å²) < 4.78 is 26.6. The normalized spacial score (nSPS) is 17.8. The lowest BCUT2D eigenvalue weighted by Crippen LogP contribution is -2.39. The highest BCUT2D eigenvalue weighted by atomic mass is 32.2. The van der Waals surface area contributed by atoms with Crippen molar-refractivity contribution < 1.29 is 13.2 Å². The van der Waals surface area contributed by atoms with Crippen LogP contribution < -0.4 is 11.5 Å². The Balaban J connectivity index is 2.11. The molecule has 2 rings (SSSR count). The number of rotatable bonds is 4. The van der Waals surface area contributed by atoms with Gasteiger partial charge >= 0.3 is 0 Å². The molecule has 4 N–H and O–H groups in total. The molecule has 1 aromatic carbocycles. The number of aryl methyl sites for hydroxylation is 1. The third kappa shape index (κ3) is 3.54. The number of hydrogen-bond donors (Lipinski definition) is 2. The Kier molecular flexibility index (Phi) is 4.53. The summed E-state index contributed by atoms with van der Waals surface area (Å²) in [6.07, 6.45) is 1.65. The summed E-state index contributed by atoms with van der Waals surface area (Å²) in [7, 11) is -3.49. The molecule has 0 aliphatic carbocycles. The number of nitrogens with two attached hydrogens (primary N) is 2. The lowest BCUT2D eigenvalue weighted by molar-refractivity contribution is -0.119. The van der Waals surface area contributed by atoms with Crippen LogP contribution in [0.3, 0.4) is 0 Å². The molecule has 0 saturated carbocycles. The minimum atomic E-state index is -3.49. The van der Waals surface area contributed by atoms with Crippen LogP contribution in [0, 0.1) is 12.8 Å². The molecule has 6 nitrogen and oxygen atoms in total. The van der Waals surface area contributed by atoms with Crippen LogP contribution in [0.5, 0.6) is 0 Å². The van der Waals surface area contributed by atoms with Crippen molar-refractivity contribution in [2.24, 2.45) is 11.7 Å². The number of amides is 1. The van der Waals surface area contributed by atoms with Crippen LogP contribution in [0.25, 0.3) is 0 Å². The zero-order chi connectivity index (χ0) is 15.6. The van der Waals surface area contributed by atoms with Gasteiger partial charge in [-0.1, -0.05) is 0 Å². The maximum absolute atomic E-state index is 12.6. The van der Waals surface area contributed by atoms with Crippen molar-refractivity contribution in [3.05, 3.63) is 23.8 Å². The largest absolute Gasteiger partial charge is 0.399 e. The average molecular weight is 311 g/mol. The van der Waals surface area contributed by atoms with Crippen molar-refractivity contribution in [2.75, 3.05) is 18.8 Å². The van der Waals surface area contributed by atoms with Gasteiger partial charge in [-0.05, 0) is 49.4 Å². The fourth-order valence-electron chi connectivity index (χ4n) is 2.60. The lowest BCUT2D eigenvalue weighted by atomic mass is 9.94. The zero-order valence-corrected chi connectivity index (χ0v) is 12.9. The van der Waals surface area contributed by atoms with Crippen molar-refractivity contribution >= 4 is 21.6 Å². The number of benzene rings is 1. The summed E-state index contributed by atoms with van der Waals surface area (Å²) in [6.45, 7) is 2.63. The molecular weight excluding hydrogens is 290 g/mol. The lowest BCUT2D eigenvalue weighted by Gasteiger charge is -2.30. The third-order valence-electron chi connectivity index (χ3n) is 3.94. The summed E-state index contributed by atoms with van der Waals surface area (Å²) in [4.78, 5) is 11.2. The quantitative estimate of drug-likeness (QED) is 0.804. The van der Waals surface area contributed by atoms with E-state index in [0.717, 1.165) is 5.56 Å². The molecule has 0 radical (unpaired) electrons. The Hall–Kier alpha value is -1.60. The first-order valence-electron chi connectivity index (χ1n) is 6.95. The van der Waals surface area contributed by atoms with Crippen LogP contribution in [-0.4, -0.2) is 31.7 Å². The fraction of sp³-hybridized carbons (Fsp3) is 0.500. The van der Waals surface area contributed by atoms with Crippen molar-refractivity contribution in [3.63, 3.8) is 0 Å². The third-order valence-corrected chi connectivity index (χ3v) is 5.84. The number of sulfonamides is 1. The summed E-state index contributed by atoms with van der Waals surface area (Å²) >= 11 is 0. The predicted octanol–water partition coefficient (Wildman–Crippen LogP) is 0.853. The van der Waals surface area contributed by atoms with Gasteiger partial charge in [0.25, 0.3) is 0 Å². The standard InChI is InChI=1S/C14H21N3O3S/c1-10-8-12(2-3-13(10)15)21(19,20)17-6-4-11(5-7-17)9-14(16)18/h2-3,8,11H,4-7,9,15H2,1H3,(H2,16,18). The number of nitrogens with zero attached hydrogens (tertiary/aromatic N) is 1. The second kappa shape index (κ2) is 6.03. The van der Waals surface area contributed by atoms with Gasteiger partial charge in [-0.3, -0.25) is 4.79 Å². The molecule has 1 heterocycles. The Morgan fingerprint density at radius 3 is 2.48 bits per heavy atom. The highest BCUT2D eigenvalue weighted by Gasteiger charge is 2.30. The second-order valence-corrected chi connectivity index (χ2v) is 7.47. The van der Waals surface area contributed by atoms with Crippen molar-refractivity contribution in [2.45, 2.75) is 31.1 Å². The molecule has 0 unspecified atom stereocenters. The Morgan fingerprint density at radius 1 is 1.33 bits per heavy atom. The molecule has 0 bridgehead atoms. The Labute approximate surface area is 125 Å². The van der Waals surface area contributed by atoms with E-state index >= 15 is 0 Å². The van der Waals surface area contributed by atoms with Gasteiger partial charge in [-0.25, -0.2) is 8.42 Å². The molecule has 7 heteroatoms. The molecular formula is C14H21N3O3S. The van der Waals surface area contributed by atoms with E-state index in [0.29, 0.717) is 38.0 Å². The molecule has 21 heavy (non-hydrogen) atoms. The highest BCUT2D eigenvalue weighted by Crippen LogP contribution is 2.26. The van der Waals surface area contributed by atoms with E-state index < -0.39 is 10.0 Å². The second-order valence-electron chi connectivity index (χ2n) is 5.54. The van der Waals surface area contributed by atoms with Gasteiger partial charge in [-0.2, -0.15) is 4.31 Å². The number of nitrogen functional groups attached to an aromatic ring is 1. The van der Waals surface area contributed by atoms with E-state index in [1.54, 1.807) is 19.1 Å². The van der Waals surface area contributed by atoms with E-state index in [9.17, 15) is 13.2 Å². The van der Waals surface area contributed by atoms with E-state index in [2.05, 4.69) is 0 Å². The smallest absolute Gasteiger partial charge is 0.243 e. The predicted molar refractivity (Wildman–Crippen MR) is 80.9 cm³/mol. The summed E-state index contributed by atoms with van der Waals surface area (Å²) in [5, 5.41) is 0. The van der Waals surface area contributed by atoms with E-state index in [-0.39, 0.29) is 16.7 Å². The molecule has 0 spiro atoms. The van der Waals surface area contributed by atoms with Crippen LogP contribution in [0.15, 0.2) is 23.1 Å². The molecule has 1 aliphatic heterocycles. The van der Waals surface area contributed by atoms with E-state index in [1.807, 2.05) is 0 Å². The number of carbonyl (C=O) groups is 1. The first kappa shape index (κ1) is 15.8. The van der Waals surface area contributed by atoms with Gasteiger partial charge in [0.15, 0.2) is 0 Å². The number of carbonyl (C=O) groups excluding carboxylic acids is 1. The van der Waals surface area contributed by atoms with Crippen LogP contribution in [-0.2, 0) is 14.8 Å². The number of anilines is 1. The monoisotopic (exact) mass is 311 g/mol. The average Bonchev–Trinajstić information content (AvgIpc) is 2.41. The molecule has 1 aliphatic rings. The minimum absolute atomic E-state index is 0.183. The molecule has 1 aromatic rings. The van der Waals surface area contributed by atoms with Gasteiger partial charge < -0.3 is 11.5 Å². The first-order chi connectivity index (χ1) is 9.80. The zero-order valence-electron chi connectivity index (χ0n) is 12.1. The molecule has 1 fully saturated rings. The fourth-order valence-corrected chi connectivity index (χ4v) is 4.15.